The number of nitrogens with one attached hydrogen (secondary N) is 3. The summed E-state index contributed by atoms with van der Waals surface area (Å²) < 4.78 is 33.2. The molecule has 5 rings (SSSR count). The van der Waals surface area contributed by atoms with Gasteiger partial charge in [-0.05, 0) is 24.3 Å². The monoisotopic (exact) mass is 533 g/mol. The maximum absolute atomic E-state index is 5.58. The third kappa shape index (κ3) is 4.54. The molecule has 202 valence electrons. The molecule has 0 aliphatic rings. The van der Waals surface area contributed by atoms with Gasteiger partial charge in [-0.1, -0.05) is 0 Å². The van der Waals surface area contributed by atoms with E-state index in [0.29, 0.717) is 74.2 Å². The molecule has 0 aliphatic carbocycles. The van der Waals surface area contributed by atoms with E-state index in [1.807, 2.05) is 24.3 Å². The first-order valence-electron chi connectivity index (χ1n) is 11.7. The Morgan fingerprint density at radius 2 is 1.23 bits per heavy atom. The zero-order valence-electron chi connectivity index (χ0n) is 22.2. The minimum Gasteiger partial charge on any atom is -0.493 e. The lowest BCUT2D eigenvalue weighted by Crippen LogP contribution is -1.99. The lowest BCUT2D eigenvalue weighted by Gasteiger charge is -2.14. The number of aromatic nitrogens is 6. The predicted molar refractivity (Wildman–Crippen MR) is 144 cm³/mol. The summed E-state index contributed by atoms with van der Waals surface area (Å²) in [7, 11) is 9.34. The molecule has 0 amide bonds. The third-order valence-electron chi connectivity index (χ3n) is 6.08. The number of imidazole rings is 1. The average Bonchev–Trinajstić information content (AvgIpc) is 3.63. The van der Waals surface area contributed by atoms with Gasteiger partial charge in [-0.25, -0.2) is 15.0 Å². The molecule has 0 saturated heterocycles. The topological polar surface area (TPSA) is 151 Å². The van der Waals surface area contributed by atoms with Gasteiger partial charge in [-0.15, -0.1) is 0 Å². The summed E-state index contributed by atoms with van der Waals surface area (Å²) in [6, 6.07) is 7.27. The number of anilines is 2. The number of aromatic amines is 2. The van der Waals surface area contributed by atoms with Gasteiger partial charge in [-0.2, -0.15) is 5.10 Å². The van der Waals surface area contributed by atoms with E-state index in [9.17, 15) is 0 Å². The van der Waals surface area contributed by atoms with Crippen molar-refractivity contribution in [2.75, 3.05) is 48.0 Å². The van der Waals surface area contributed by atoms with Crippen LogP contribution in [-0.2, 0) is 0 Å². The van der Waals surface area contributed by atoms with Crippen LogP contribution >= 0.6 is 0 Å². The zero-order valence-corrected chi connectivity index (χ0v) is 22.2. The van der Waals surface area contributed by atoms with Crippen LogP contribution < -0.4 is 33.7 Å². The van der Waals surface area contributed by atoms with Gasteiger partial charge in [0.05, 0.1) is 59.9 Å². The maximum atomic E-state index is 5.58. The third-order valence-corrected chi connectivity index (χ3v) is 6.08. The van der Waals surface area contributed by atoms with E-state index < -0.39 is 0 Å². The number of rotatable bonds is 10. The van der Waals surface area contributed by atoms with Crippen LogP contribution in [0.15, 0.2) is 36.8 Å². The van der Waals surface area contributed by atoms with E-state index in [-0.39, 0.29) is 0 Å². The fraction of sp³-hybridized carbons (Fsp3) is 0.231. The Morgan fingerprint density at radius 1 is 0.667 bits per heavy atom. The summed E-state index contributed by atoms with van der Waals surface area (Å²) in [5.41, 5.74) is 2.63. The number of hydrogen-bond acceptors (Lipinski definition) is 11. The lowest BCUT2D eigenvalue weighted by atomic mass is 10.1. The number of ether oxygens (including phenoxy) is 6. The van der Waals surface area contributed by atoms with Crippen molar-refractivity contribution in [1.29, 1.82) is 0 Å². The summed E-state index contributed by atoms with van der Waals surface area (Å²) in [5.74, 6) is 4.42. The number of fused-ring (bicyclic) bond motifs is 1. The normalized spacial score (nSPS) is 10.8. The van der Waals surface area contributed by atoms with Crippen LogP contribution in [0.4, 0.5) is 11.6 Å². The zero-order chi connectivity index (χ0) is 27.5. The number of methoxy groups -OCH3 is 6. The molecule has 0 fully saturated rings. The Labute approximate surface area is 223 Å². The van der Waals surface area contributed by atoms with E-state index in [0.717, 1.165) is 5.56 Å². The number of benzene rings is 2. The van der Waals surface area contributed by atoms with E-state index in [1.54, 1.807) is 48.9 Å². The highest BCUT2D eigenvalue weighted by molar-refractivity contribution is 5.90. The number of nitrogens with zero attached hydrogens (tertiary/aromatic N) is 4. The fourth-order valence-electron chi connectivity index (χ4n) is 4.23. The van der Waals surface area contributed by atoms with Gasteiger partial charge in [0, 0.05) is 11.1 Å². The quantitative estimate of drug-likeness (QED) is 0.237. The molecule has 0 atom stereocenters. The summed E-state index contributed by atoms with van der Waals surface area (Å²) in [6.07, 6.45) is 3.08. The number of hydrogen-bond donors (Lipinski definition) is 3. The molecule has 0 aliphatic heterocycles. The second-order valence-corrected chi connectivity index (χ2v) is 8.12. The summed E-state index contributed by atoms with van der Waals surface area (Å²) in [6.45, 7) is 0. The predicted octanol–water partition coefficient (Wildman–Crippen LogP) is 4.21. The van der Waals surface area contributed by atoms with Gasteiger partial charge in [0.1, 0.15) is 18.0 Å². The minimum absolute atomic E-state index is 0.471. The fourth-order valence-corrected chi connectivity index (χ4v) is 4.23. The first-order chi connectivity index (χ1) is 19.0. The van der Waals surface area contributed by atoms with Crippen LogP contribution in [0.2, 0.25) is 0 Å². The van der Waals surface area contributed by atoms with Crippen LogP contribution in [0.3, 0.4) is 0 Å². The standard InChI is InChI=1S/C26H27N7O6/c1-34-16-7-13(8-17(35-2)21(16)38-5)20-26(32-24-15-11-29-33-25(15)28-12-27-24)31-23(30-20)14-9-18(36-3)22(39-6)19(10-14)37-4/h7-12H,1-6H3,(H,30,31)(H2,27,28,29,32,33). The van der Waals surface area contributed by atoms with Crippen LogP contribution in [0.5, 0.6) is 34.5 Å². The molecule has 0 radical (unpaired) electrons. The van der Waals surface area contributed by atoms with Crippen molar-refractivity contribution in [3.05, 3.63) is 36.8 Å². The molecule has 0 spiro atoms. The highest BCUT2D eigenvalue weighted by atomic mass is 16.5. The first-order valence-corrected chi connectivity index (χ1v) is 11.7. The van der Waals surface area contributed by atoms with Crippen molar-refractivity contribution < 1.29 is 28.4 Å². The summed E-state index contributed by atoms with van der Waals surface area (Å²) in [4.78, 5) is 16.9. The second-order valence-electron chi connectivity index (χ2n) is 8.12. The van der Waals surface area contributed by atoms with Crippen molar-refractivity contribution in [2.45, 2.75) is 0 Å². The molecule has 3 heterocycles. The summed E-state index contributed by atoms with van der Waals surface area (Å²) in [5, 5.41) is 10.9. The highest BCUT2D eigenvalue weighted by Crippen LogP contribution is 2.45. The molecule has 2 aromatic carbocycles. The van der Waals surface area contributed by atoms with Crippen LogP contribution in [0.25, 0.3) is 33.7 Å². The number of H-pyrrole nitrogens is 2. The van der Waals surface area contributed by atoms with Gasteiger partial charge in [0.2, 0.25) is 11.5 Å². The maximum Gasteiger partial charge on any atom is 0.203 e. The van der Waals surface area contributed by atoms with Gasteiger partial charge in [0.15, 0.2) is 34.5 Å². The molecule has 13 heteroatoms. The SMILES string of the molecule is COc1cc(-c2nc(Nc3ncnc4[nH]ncc34)c(-c3cc(OC)c(OC)c(OC)c3)[nH]2)cc(OC)c1OC. The van der Waals surface area contributed by atoms with E-state index in [4.69, 9.17) is 33.4 Å². The molecule has 39 heavy (non-hydrogen) atoms. The molecular formula is C26H27N7O6. The molecule has 3 aromatic heterocycles. The Morgan fingerprint density at radius 3 is 1.77 bits per heavy atom. The Balaban J connectivity index is 1.71. The minimum atomic E-state index is 0.471. The summed E-state index contributed by atoms with van der Waals surface area (Å²) >= 11 is 0. The van der Waals surface area contributed by atoms with E-state index >= 15 is 0 Å². The Bertz CT molecular complexity index is 1580. The van der Waals surface area contributed by atoms with Gasteiger partial charge in [-0.3, -0.25) is 5.10 Å². The first kappa shape index (κ1) is 25.4. The molecule has 3 N–H and O–H groups in total. The van der Waals surface area contributed by atoms with Gasteiger partial charge >= 0.3 is 0 Å². The Kier molecular flexibility index (Phi) is 6.95. The molecule has 0 bridgehead atoms. The largest absolute Gasteiger partial charge is 0.493 e. The average molecular weight is 534 g/mol. The van der Waals surface area contributed by atoms with Crippen LogP contribution in [0, 0.1) is 0 Å². The van der Waals surface area contributed by atoms with Gasteiger partial charge in [0.25, 0.3) is 0 Å². The van der Waals surface area contributed by atoms with E-state index in [2.05, 4.69) is 30.5 Å². The smallest absolute Gasteiger partial charge is 0.203 e. The van der Waals surface area contributed by atoms with Crippen molar-refractivity contribution in [1.82, 2.24) is 30.1 Å². The van der Waals surface area contributed by atoms with E-state index in [1.165, 1.54) is 6.33 Å². The van der Waals surface area contributed by atoms with Crippen molar-refractivity contribution in [3.8, 4) is 57.1 Å². The molecule has 13 nitrogen and oxygen atoms in total. The van der Waals surface area contributed by atoms with Crippen molar-refractivity contribution in [2.24, 2.45) is 0 Å². The van der Waals surface area contributed by atoms with Gasteiger partial charge < -0.3 is 38.7 Å². The molecular weight excluding hydrogens is 506 g/mol. The highest BCUT2D eigenvalue weighted by Gasteiger charge is 2.22. The second kappa shape index (κ2) is 10.7. The van der Waals surface area contributed by atoms with Crippen molar-refractivity contribution >= 4 is 22.7 Å². The molecule has 0 saturated carbocycles. The molecule has 0 unspecified atom stereocenters. The van der Waals surface area contributed by atoms with Crippen LogP contribution in [0.1, 0.15) is 0 Å². The van der Waals surface area contributed by atoms with Crippen LogP contribution in [-0.4, -0.2) is 72.8 Å². The molecule has 5 aromatic rings. The Hall–Kier alpha value is -5.20. The van der Waals surface area contributed by atoms with Crippen molar-refractivity contribution in [3.63, 3.8) is 0 Å². The lowest BCUT2D eigenvalue weighted by molar-refractivity contribution is 0.324.